The summed E-state index contributed by atoms with van der Waals surface area (Å²) < 4.78 is 10.6. The summed E-state index contributed by atoms with van der Waals surface area (Å²) in [5.41, 5.74) is 6.90. The third-order valence-electron chi connectivity index (χ3n) is 4.58. The van der Waals surface area contributed by atoms with Crippen LogP contribution in [0.5, 0.6) is 5.75 Å². The average Bonchev–Trinajstić information content (AvgIpc) is 3.54. The number of hydrogen-bond acceptors (Lipinski definition) is 6. The first kappa shape index (κ1) is 25.6. The van der Waals surface area contributed by atoms with Gasteiger partial charge in [-0.05, 0) is 49.2 Å². The number of nitrogens with one attached hydrogen (secondary N) is 3. The largest absolute Gasteiger partial charge is 0.482 e. The van der Waals surface area contributed by atoms with Crippen molar-refractivity contribution in [3.8, 4) is 5.75 Å². The Hall–Kier alpha value is -2.68. The van der Waals surface area contributed by atoms with Crippen LogP contribution >= 0.6 is 35.6 Å². The number of anilines is 1. The Morgan fingerprint density at radius 2 is 1.88 bits per heavy atom. The summed E-state index contributed by atoms with van der Waals surface area (Å²) in [5.74, 6) is -0.804. The first-order valence-corrected chi connectivity index (χ1v) is 10.2. The summed E-state index contributed by atoms with van der Waals surface area (Å²) in [6, 6.07) is 8.79. The fourth-order valence-corrected chi connectivity index (χ4v) is 3.44. The molecule has 0 heterocycles. The molecular weight excluding hydrogens is 479 g/mol. The Kier molecular flexibility index (Phi) is 9.00. The SMILES string of the molecule is COC(=O)C(Nc1ccc(C(=N)N)cc1)c1cc(Cl)cc(Cl)c1OCC(=O)NC1CC1.Cl. The Bertz CT molecular complexity index is 997. The van der Waals surface area contributed by atoms with E-state index in [1.807, 2.05) is 0 Å². The number of nitrogens with two attached hydrogens (primary N) is 1. The molecule has 0 aliphatic heterocycles. The summed E-state index contributed by atoms with van der Waals surface area (Å²) in [4.78, 5) is 24.7. The van der Waals surface area contributed by atoms with Gasteiger partial charge in [0.05, 0.1) is 12.1 Å². The number of rotatable bonds is 9. The van der Waals surface area contributed by atoms with Crippen LogP contribution in [0, 0.1) is 5.41 Å². The number of hydrogen-bond donors (Lipinski definition) is 4. The maximum Gasteiger partial charge on any atom is 0.333 e. The monoisotopic (exact) mass is 500 g/mol. The molecule has 0 spiro atoms. The molecule has 0 saturated heterocycles. The summed E-state index contributed by atoms with van der Waals surface area (Å²) in [7, 11) is 1.26. The van der Waals surface area contributed by atoms with Gasteiger partial charge in [-0.15, -0.1) is 12.4 Å². The predicted molar refractivity (Wildman–Crippen MR) is 126 cm³/mol. The molecular formula is C21H23Cl3N4O4. The smallest absolute Gasteiger partial charge is 0.333 e. The van der Waals surface area contributed by atoms with Gasteiger partial charge in [0.15, 0.2) is 12.6 Å². The molecule has 0 bridgehead atoms. The number of esters is 1. The maximum atomic E-state index is 12.6. The highest BCUT2D eigenvalue weighted by Crippen LogP contribution is 2.38. The lowest BCUT2D eigenvalue weighted by Gasteiger charge is -2.22. The molecule has 1 aliphatic carbocycles. The normalized spacial score (nSPS) is 13.3. The molecule has 11 heteroatoms. The Labute approximate surface area is 201 Å². The Morgan fingerprint density at radius 3 is 2.44 bits per heavy atom. The zero-order valence-electron chi connectivity index (χ0n) is 17.1. The summed E-state index contributed by atoms with van der Waals surface area (Å²) in [6.45, 7) is -0.258. The van der Waals surface area contributed by atoms with Crippen molar-refractivity contribution in [3.63, 3.8) is 0 Å². The van der Waals surface area contributed by atoms with Crippen molar-refractivity contribution in [2.45, 2.75) is 24.9 Å². The number of carbonyl (C=O) groups excluding carboxylic acids is 2. The van der Waals surface area contributed by atoms with E-state index < -0.39 is 12.0 Å². The first-order valence-electron chi connectivity index (χ1n) is 9.48. The highest BCUT2D eigenvalue weighted by atomic mass is 35.5. The van der Waals surface area contributed by atoms with E-state index in [0.29, 0.717) is 16.8 Å². The minimum atomic E-state index is -1.02. The molecule has 172 valence electrons. The zero-order chi connectivity index (χ0) is 22.5. The fourth-order valence-electron chi connectivity index (χ4n) is 2.88. The molecule has 32 heavy (non-hydrogen) atoms. The van der Waals surface area contributed by atoms with Crippen molar-refractivity contribution >= 4 is 59.0 Å². The topological polar surface area (TPSA) is 127 Å². The molecule has 2 aromatic carbocycles. The summed E-state index contributed by atoms with van der Waals surface area (Å²) in [6.07, 6.45) is 1.91. The highest BCUT2D eigenvalue weighted by molar-refractivity contribution is 6.35. The van der Waals surface area contributed by atoms with Crippen LogP contribution in [0.15, 0.2) is 36.4 Å². The van der Waals surface area contributed by atoms with Crippen molar-refractivity contribution in [1.82, 2.24) is 5.32 Å². The average molecular weight is 502 g/mol. The number of nitrogen functional groups attached to an aromatic ring is 1. The molecule has 1 saturated carbocycles. The standard InChI is InChI=1S/C21H22Cl2N4O4.ClH/c1-30-21(29)18(27-14-4-2-11(3-5-14)20(24)25)15-8-12(22)9-16(23)19(15)31-10-17(28)26-13-6-7-13;/h2-5,8-9,13,18,27H,6-7,10H2,1H3,(H3,24,25)(H,26,28);1H. The molecule has 2 aromatic rings. The highest BCUT2D eigenvalue weighted by Gasteiger charge is 2.28. The quantitative estimate of drug-likeness (QED) is 0.236. The van der Waals surface area contributed by atoms with Crippen molar-refractivity contribution in [3.05, 3.63) is 57.6 Å². The van der Waals surface area contributed by atoms with Crippen LogP contribution in [0.4, 0.5) is 5.69 Å². The van der Waals surface area contributed by atoms with Gasteiger partial charge >= 0.3 is 5.97 Å². The zero-order valence-corrected chi connectivity index (χ0v) is 19.4. The second-order valence-corrected chi connectivity index (χ2v) is 7.87. The van der Waals surface area contributed by atoms with Crippen molar-refractivity contribution < 1.29 is 19.1 Å². The minimum Gasteiger partial charge on any atom is -0.482 e. The molecule has 8 nitrogen and oxygen atoms in total. The van der Waals surface area contributed by atoms with E-state index in [1.54, 1.807) is 24.3 Å². The van der Waals surface area contributed by atoms with Gasteiger partial charge in [0.1, 0.15) is 11.6 Å². The number of benzene rings is 2. The molecule has 1 fully saturated rings. The molecule has 1 atom stereocenters. The number of methoxy groups -OCH3 is 1. The molecule has 1 amide bonds. The van der Waals surface area contributed by atoms with Crippen LogP contribution in [0.3, 0.4) is 0 Å². The molecule has 3 rings (SSSR count). The van der Waals surface area contributed by atoms with Crippen LogP contribution in [-0.2, 0) is 14.3 Å². The van der Waals surface area contributed by atoms with Crippen LogP contribution in [0.2, 0.25) is 10.0 Å². The van der Waals surface area contributed by atoms with Crippen LogP contribution < -0.4 is 21.1 Å². The lowest BCUT2D eigenvalue weighted by molar-refractivity contribution is -0.141. The number of amidine groups is 1. The third kappa shape index (κ3) is 6.66. The van der Waals surface area contributed by atoms with Gasteiger partial charge in [0.25, 0.3) is 5.91 Å². The van der Waals surface area contributed by atoms with Crippen molar-refractivity contribution in [2.75, 3.05) is 19.0 Å². The second-order valence-electron chi connectivity index (χ2n) is 7.03. The molecule has 0 radical (unpaired) electrons. The summed E-state index contributed by atoms with van der Waals surface area (Å²) >= 11 is 12.5. The van der Waals surface area contributed by atoms with E-state index in [4.69, 9.17) is 43.8 Å². The number of amides is 1. The Morgan fingerprint density at radius 1 is 1.22 bits per heavy atom. The van der Waals surface area contributed by atoms with Crippen LogP contribution in [0.25, 0.3) is 0 Å². The van der Waals surface area contributed by atoms with E-state index in [-0.39, 0.29) is 52.6 Å². The van der Waals surface area contributed by atoms with Gasteiger partial charge in [0, 0.05) is 27.9 Å². The van der Waals surface area contributed by atoms with E-state index in [2.05, 4.69) is 10.6 Å². The maximum absolute atomic E-state index is 12.6. The van der Waals surface area contributed by atoms with E-state index >= 15 is 0 Å². The van der Waals surface area contributed by atoms with Gasteiger partial charge in [-0.3, -0.25) is 10.2 Å². The first-order chi connectivity index (χ1) is 14.8. The van der Waals surface area contributed by atoms with E-state index in [0.717, 1.165) is 12.8 Å². The number of carbonyl (C=O) groups is 2. The summed E-state index contributed by atoms with van der Waals surface area (Å²) in [5, 5.41) is 13.8. The van der Waals surface area contributed by atoms with Crippen LogP contribution in [-0.4, -0.2) is 37.5 Å². The third-order valence-corrected chi connectivity index (χ3v) is 5.08. The fraction of sp³-hybridized carbons (Fsp3) is 0.286. The molecule has 0 aromatic heterocycles. The predicted octanol–water partition coefficient (Wildman–Crippen LogP) is 3.68. The van der Waals surface area contributed by atoms with E-state index in [1.165, 1.54) is 19.2 Å². The molecule has 5 N–H and O–H groups in total. The van der Waals surface area contributed by atoms with Gasteiger partial charge in [-0.1, -0.05) is 23.2 Å². The van der Waals surface area contributed by atoms with Crippen molar-refractivity contribution in [2.24, 2.45) is 5.73 Å². The van der Waals surface area contributed by atoms with Gasteiger partial charge in [-0.2, -0.15) is 0 Å². The lowest BCUT2D eigenvalue weighted by Crippen LogP contribution is -2.31. The molecule has 1 unspecified atom stereocenters. The second kappa shape index (κ2) is 11.3. The van der Waals surface area contributed by atoms with E-state index in [9.17, 15) is 9.59 Å². The molecule has 1 aliphatic rings. The Balaban J connectivity index is 0.00000363. The minimum absolute atomic E-state index is 0. The lowest BCUT2D eigenvalue weighted by atomic mass is 10.0. The van der Waals surface area contributed by atoms with Crippen LogP contribution in [0.1, 0.15) is 30.0 Å². The van der Waals surface area contributed by atoms with Gasteiger partial charge in [-0.25, -0.2) is 4.79 Å². The van der Waals surface area contributed by atoms with Gasteiger partial charge < -0.3 is 25.8 Å². The van der Waals surface area contributed by atoms with Gasteiger partial charge in [0.2, 0.25) is 0 Å². The number of halogens is 3. The number of ether oxygens (including phenoxy) is 2. The van der Waals surface area contributed by atoms with Crippen molar-refractivity contribution in [1.29, 1.82) is 5.41 Å².